The molecule has 2 aromatic carbocycles. The number of nitrogen functional groups attached to an aromatic ring is 1. The van der Waals surface area contributed by atoms with Crippen molar-refractivity contribution < 1.29 is 0 Å². The highest BCUT2D eigenvalue weighted by Gasteiger charge is 2.15. The first kappa shape index (κ1) is 16.1. The van der Waals surface area contributed by atoms with E-state index < -0.39 is 0 Å². The fourth-order valence-corrected chi connectivity index (χ4v) is 3.08. The Morgan fingerprint density at radius 3 is 2.62 bits per heavy atom. The summed E-state index contributed by atoms with van der Waals surface area (Å²) in [5, 5.41) is 3.31. The minimum Gasteiger partial charge on any atom is -0.378 e. The first-order valence-corrected chi connectivity index (χ1v) is 8.40. The van der Waals surface area contributed by atoms with Gasteiger partial charge in [0.25, 0.3) is 0 Å². The molecule has 6 nitrogen and oxygen atoms in total. The van der Waals surface area contributed by atoms with Crippen molar-refractivity contribution in [3.63, 3.8) is 0 Å². The van der Waals surface area contributed by atoms with Gasteiger partial charge in [-0.2, -0.15) is 4.98 Å². The molecule has 1 aliphatic heterocycles. The summed E-state index contributed by atoms with van der Waals surface area (Å²) in [5.74, 6) is 0.915. The number of hydrogen-bond acceptors (Lipinski definition) is 6. The van der Waals surface area contributed by atoms with E-state index in [0.29, 0.717) is 12.4 Å². The maximum atomic E-state index is 5.67. The predicted molar refractivity (Wildman–Crippen MR) is 107 cm³/mol. The Labute approximate surface area is 152 Å². The van der Waals surface area contributed by atoms with Gasteiger partial charge < -0.3 is 16.0 Å². The van der Waals surface area contributed by atoms with E-state index in [1.54, 1.807) is 12.3 Å². The molecule has 0 unspecified atom stereocenters. The molecule has 4 rings (SSSR count). The quantitative estimate of drug-likeness (QED) is 0.757. The molecule has 6 heteroatoms. The van der Waals surface area contributed by atoms with E-state index in [1.165, 1.54) is 22.4 Å². The highest BCUT2D eigenvalue weighted by atomic mass is 15.1. The maximum Gasteiger partial charge on any atom is 0.221 e. The van der Waals surface area contributed by atoms with Gasteiger partial charge in [0.05, 0.1) is 6.54 Å². The van der Waals surface area contributed by atoms with Crippen LogP contribution < -0.4 is 16.0 Å². The third kappa shape index (κ3) is 3.09. The molecule has 1 aliphatic rings. The van der Waals surface area contributed by atoms with Crippen molar-refractivity contribution in [3.8, 4) is 11.1 Å². The Morgan fingerprint density at radius 1 is 1.08 bits per heavy atom. The van der Waals surface area contributed by atoms with Gasteiger partial charge in [0.2, 0.25) is 5.95 Å². The summed E-state index contributed by atoms with van der Waals surface area (Å²) in [6.07, 6.45) is 3.56. The number of aromatic nitrogens is 2. The Bertz CT molecular complexity index is 976. The highest BCUT2D eigenvalue weighted by molar-refractivity contribution is 5.91. The first-order chi connectivity index (χ1) is 12.6. The Hall–Kier alpha value is -3.41. The summed E-state index contributed by atoms with van der Waals surface area (Å²) >= 11 is 0. The second-order valence-corrected chi connectivity index (χ2v) is 6.43. The van der Waals surface area contributed by atoms with Crippen LogP contribution in [-0.2, 0) is 6.54 Å². The molecule has 26 heavy (non-hydrogen) atoms. The van der Waals surface area contributed by atoms with Crippen molar-refractivity contribution in [1.82, 2.24) is 9.97 Å². The number of hydrogen-bond donors (Lipinski definition) is 2. The van der Waals surface area contributed by atoms with E-state index in [2.05, 4.69) is 61.6 Å². The number of benzene rings is 2. The van der Waals surface area contributed by atoms with Crippen LogP contribution in [0.3, 0.4) is 0 Å². The van der Waals surface area contributed by atoms with Crippen molar-refractivity contribution >= 4 is 29.4 Å². The predicted octanol–water partition coefficient (Wildman–Crippen LogP) is 3.47. The third-order valence-corrected chi connectivity index (χ3v) is 4.41. The average molecular weight is 344 g/mol. The number of anilines is 4. The molecule has 2 heterocycles. The van der Waals surface area contributed by atoms with E-state index in [0.717, 1.165) is 11.3 Å². The van der Waals surface area contributed by atoms with E-state index in [9.17, 15) is 0 Å². The molecule has 0 aliphatic carbocycles. The summed E-state index contributed by atoms with van der Waals surface area (Å²) in [7, 11) is 4.08. The van der Waals surface area contributed by atoms with E-state index >= 15 is 0 Å². The largest absolute Gasteiger partial charge is 0.378 e. The fraction of sp³-hybridized carbons (Fsp3) is 0.150. The lowest BCUT2D eigenvalue weighted by Gasteiger charge is -2.15. The number of rotatable bonds is 4. The van der Waals surface area contributed by atoms with Gasteiger partial charge in [-0.15, -0.1) is 0 Å². The highest BCUT2D eigenvalue weighted by Crippen LogP contribution is 2.34. The molecule has 130 valence electrons. The van der Waals surface area contributed by atoms with Gasteiger partial charge >= 0.3 is 0 Å². The maximum absolute atomic E-state index is 5.67. The molecular formula is C20H20N6. The van der Waals surface area contributed by atoms with E-state index in [1.807, 2.05) is 20.3 Å². The van der Waals surface area contributed by atoms with E-state index in [4.69, 9.17) is 5.73 Å². The van der Waals surface area contributed by atoms with Gasteiger partial charge in [-0.05, 0) is 47.0 Å². The Morgan fingerprint density at radius 2 is 1.88 bits per heavy atom. The second kappa shape index (κ2) is 6.48. The van der Waals surface area contributed by atoms with Crippen molar-refractivity contribution in [2.45, 2.75) is 6.54 Å². The molecule has 3 N–H and O–H groups in total. The SMILES string of the molecule is CN(C)c1ccc(-c2cc(Nc3ccnc(N)n3)cc3c2CN=C3)cc1. The van der Waals surface area contributed by atoms with Crippen LogP contribution in [0.4, 0.5) is 23.1 Å². The van der Waals surface area contributed by atoms with Crippen molar-refractivity contribution in [3.05, 3.63) is 59.8 Å². The molecule has 1 aromatic heterocycles. The molecule has 0 amide bonds. The molecular weight excluding hydrogens is 324 g/mol. The lowest BCUT2D eigenvalue weighted by Crippen LogP contribution is -2.08. The van der Waals surface area contributed by atoms with E-state index in [-0.39, 0.29) is 5.95 Å². The molecule has 3 aromatic rings. The lowest BCUT2D eigenvalue weighted by molar-refractivity contribution is 1.11. The molecule has 0 saturated heterocycles. The monoisotopic (exact) mass is 344 g/mol. The summed E-state index contributed by atoms with van der Waals surface area (Å²) in [4.78, 5) is 14.7. The van der Waals surface area contributed by atoms with Gasteiger partial charge in [-0.25, -0.2) is 4.98 Å². The standard InChI is InChI=1S/C20H20N6/c1-26(2)16-5-3-13(4-6-16)17-10-15(9-14-11-22-12-18(14)17)24-19-7-8-23-20(21)25-19/h3-11H,12H2,1-2H3,(H3,21,23,24,25). The number of nitrogens with two attached hydrogens (primary N) is 1. The molecule has 0 atom stereocenters. The average Bonchev–Trinajstić information content (AvgIpc) is 3.09. The molecule has 0 radical (unpaired) electrons. The lowest BCUT2D eigenvalue weighted by atomic mass is 9.95. The van der Waals surface area contributed by atoms with Gasteiger partial charge in [0.1, 0.15) is 5.82 Å². The fourth-order valence-electron chi connectivity index (χ4n) is 3.08. The first-order valence-electron chi connectivity index (χ1n) is 8.40. The smallest absolute Gasteiger partial charge is 0.221 e. The number of nitrogens with zero attached hydrogens (tertiary/aromatic N) is 4. The summed E-state index contributed by atoms with van der Waals surface area (Å²) in [5.41, 5.74) is 12.5. The normalized spacial score (nSPS) is 12.1. The topological polar surface area (TPSA) is 79.4 Å². The Kier molecular flexibility index (Phi) is 4.01. The second-order valence-electron chi connectivity index (χ2n) is 6.43. The minimum absolute atomic E-state index is 0.247. The number of nitrogens with one attached hydrogen (secondary N) is 1. The zero-order chi connectivity index (χ0) is 18.1. The summed E-state index contributed by atoms with van der Waals surface area (Å²) < 4.78 is 0. The van der Waals surface area contributed by atoms with Crippen molar-refractivity contribution in [1.29, 1.82) is 0 Å². The molecule has 0 spiro atoms. The Balaban J connectivity index is 1.74. The zero-order valence-electron chi connectivity index (χ0n) is 14.8. The van der Waals surface area contributed by atoms with Crippen LogP contribution in [0.15, 0.2) is 53.7 Å². The summed E-state index contributed by atoms with van der Waals surface area (Å²) in [6, 6.07) is 14.6. The van der Waals surface area contributed by atoms with Crippen LogP contribution in [0.5, 0.6) is 0 Å². The number of aliphatic imine (C=N–C) groups is 1. The molecule has 0 bridgehead atoms. The number of fused-ring (bicyclic) bond motifs is 1. The zero-order valence-corrected chi connectivity index (χ0v) is 14.8. The van der Waals surface area contributed by atoms with Crippen LogP contribution >= 0.6 is 0 Å². The van der Waals surface area contributed by atoms with Crippen molar-refractivity contribution in [2.75, 3.05) is 30.0 Å². The molecule has 0 fully saturated rings. The van der Waals surface area contributed by atoms with Gasteiger partial charge in [0, 0.05) is 43.4 Å². The minimum atomic E-state index is 0.247. The van der Waals surface area contributed by atoms with Crippen LogP contribution in [0, 0.1) is 0 Å². The van der Waals surface area contributed by atoms with Gasteiger partial charge in [-0.3, -0.25) is 4.99 Å². The van der Waals surface area contributed by atoms with Crippen molar-refractivity contribution in [2.24, 2.45) is 4.99 Å². The van der Waals surface area contributed by atoms with Crippen LogP contribution in [0.1, 0.15) is 11.1 Å². The molecule has 0 saturated carbocycles. The third-order valence-electron chi connectivity index (χ3n) is 4.41. The van der Waals surface area contributed by atoms with Crippen LogP contribution in [0.25, 0.3) is 11.1 Å². The summed E-state index contributed by atoms with van der Waals surface area (Å²) in [6.45, 7) is 0.709. The van der Waals surface area contributed by atoms with Crippen LogP contribution in [0.2, 0.25) is 0 Å². The van der Waals surface area contributed by atoms with Gasteiger partial charge in [-0.1, -0.05) is 12.1 Å². The van der Waals surface area contributed by atoms with Crippen LogP contribution in [-0.4, -0.2) is 30.3 Å². The van der Waals surface area contributed by atoms with Gasteiger partial charge in [0.15, 0.2) is 0 Å².